The lowest BCUT2D eigenvalue weighted by Crippen LogP contribution is -2.42. The summed E-state index contributed by atoms with van der Waals surface area (Å²) in [6.07, 6.45) is 5.95. The van der Waals surface area contributed by atoms with Gasteiger partial charge in [0.15, 0.2) is 0 Å². The number of nitrogens with zero attached hydrogens (tertiary/aromatic N) is 1. The highest BCUT2D eigenvalue weighted by atomic mass is 16.5. The number of carbonyl (C=O) groups is 2. The van der Waals surface area contributed by atoms with Gasteiger partial charge in [0.2, 0.25) is 5.91 Å². The van der Waals surface area contributed by atoms with Crippen LogP contribution in [0.2, 0.25) is 0 Å². The van der Waals surface area contributed by atoms with E-state index in [1.54, 1.807) is 17.9 Å². The first kappa shape index (κ1) is 16.6. The second-order valence-electron chi connectivity index (χ2n) is 6.17. The fourth-order valence-corrected chi connectivity index (χ4v) is 3.21. The Labute approximate surface area is 142 Å². The number of fused-ring (bicyclic) bond motifs is 1. The van der Waals surface area contributed by atoms with Crippen molar-refractivity contribution < 1.29 is 19.1 Å². The SMILES string of the molecule is CCOC(=O)[C@@H]1CCCN(C(=O)/C=C/c2ccc3c(c2)CCO3)C1. The molecule has 24 heavy (non-hydrogen) atoms. The van der Waals surface area contributed by atoms with Crippen LogP contribution >= 0.6 is 0 Å². The number of rotatable bonds is 4. The molecular weight excluding hydrogens is 306 g/mol. The summed E-state index contributed by atoms with van der Waals surface area (Å²) >= 11 is 0. The van der Waals surface area contributed by atoms with Crippen LogP contribution in [0, 0.1) is 5.92 Å². The van der Waals surface area contributed by atoms with E-state index in [0.29, 0.717) is 19.7 Å². The van der Waals surface area contributed by atoms with Crippen molar-refractivity contribution in [2.45, 2.75) is 26.2 Å². The van der Waals surface area contributed by atoms with Gasteiger partial charge in [-0.15, -0.1) is 0 Å². The lowest BCUT2D eigenvalue weighted by molar-refractivity contribution is -0.150. The van der Waals surface area contributed by atoms with Gasteiger partial charge in [0.05, 0.1) is 19.1 Å². The maximum atomic E-state index is 12.4. The Balaban J connectivity index is 1.60. The Morgan fingerprint density at radius 3 is 3.12 bits per heavy atom. The van der Waals surface area contributed by atoms with E-state index in [1.165, 1.54) is 5.56 Å². The molecule has 1 aromatic carbocycles. The molecular formula is C19H23NO4. The zero-order valence-corrected chi connectivity index (χ0v) is 14.0. The third-order valence-electron chi connectivity index (χ3n) is 4.48. The van der Waals surface area contributed by atoms with Crippen molar-refractivity contribution in [3.63, 3.8) is 0 Å². The number of hydrogen-bond donors (Lipinski definition) is 0. The summed E-state index contributed by atoms with van der Waals surface area (Å²) in [7, 11) is 0. The summed E-state index contributed by atoms with van der Waals surface area (Å²) in [6, 6.07) is 5.96. The van der Waals surface area contributed by atoms with Gasteiger partial charge >= 0.3 is 5.97 Å². The molecule has 1 fully saturated rings. The van der Waals surface area contributed by atoms with Gasteiger partial charge in [0.1, 0.15) is 5.75 Å². The molecule has 2 heterocycles. The first-order chi connectivity index (χ1) is 11.7. The van der Waals surface area contributed by atoms with E-state index in [-0.39, 0.29) is 17.8 Å². The minimum absolute atomic E-state index is 0.0549. The van der Waals surface area contributed by atoms with Gasteiger partial charge in [-0.05, 0) is 49.1 Å². The highest BCUT2D eigenvalue weighted by molar-refractivity contribution is 5.92. The molecule has 2 aliphatic rings. The quantitative estimate of drug-likeness (QED) is 0.629. The predicted molar refractivity (Wildman–Crippen MR) is 90.6 cm³/mol. The average Bonchev–Trinajstić information content (AvgIpc) is 3.07. The molecule has 1 saturated heterocycles. The standard InChI is InChI=1S/C19H23NO4/c1-2-23-19(22)16-4-3-10-20(13-16)18(21)8-6-14-5-7-17-15(12-14)9-11-24-17/h5-8,12,16H,2-4,9-11,13H2,1H3/b8-6+/t16-/m1/s1. The molecule has 0 radical (unpaired) electrons. The molecule has 1 amide bonds. The van der Waals surface area contributed by atoms with Crippen molar-refractivity contribution in [2.75, 3.05) is 26.3 Å². The minimum atomic E-state index is -0.201. The van der Waals surface area contributed by atoms with Crippen LogP contribution in [0.5, 0.6) is 5.75 Å². The molecule has 0 bridgehead atoms. The average molecular weight is 329 g/mol. The Hall–Kier alpha value is -2.30. The van der Waals surface area contributed by atoms with Crippen LogP contribution < -0.4 is 4.74 Å². The van der Waals surface area contributed by atoms with E-state index in [2.05, 4.69) is 6.07 Å². The molecule has 5 nitrogen and oxygen atoms in total. The molecule has 0 unspecified atom stereocenters. The van der Waals surface area contributed by atoms with Gasteiger partial charge in [-0.1, -0.05) is 6.07 Å². The molecule has 128 valence electrons. The lowest BCUT2D eigenvalue weighted by Gasteiger charge is -2.30. The van der Waals surface area contributed by atoms with E-state index in [0.717, 1.165) is 37.2 Å². The summed E-state index contributed by atoms with van der Waals surface area (Å²) in [5.41, 5.74) is 2.18. The van der Waals surface area contributed by atoms with Crippen molar-refractivity contribution in [1.29, 1.82) is 0 Å². The van der Waals surface area contributed by atoms with Gasteiger partial charge < -0.3 is 14.4 Å². The lowest BCUT2D eigenvalue weighted by atomic mass is 9.98. The van der Waals surface area contributed by atoms with E-state index in [1.807, 2.05) is 18.2 Å². The number of carbonyl (C=O) groups excluding carboxylic acids is 2. The van der Waals surface area contributed by atoms with Gasteiger partial charge in [-0.25, -0.2) is 0 Å². The molecule has 0 saturated carbocycles. The van der Waals surface area contributed by atoms with Crippen molar-refractivity contribution >= 4 is 18.0 Å². The van der Waals surface area contributed by atoms with Gasteiger partial charge in [-0.3, -0.25) is 9.59 Å². The smallest absolute Gasteiger partial charge is 0.310 e. The largest absolute Gasteiger partial charge is 0.493 e. The Kier molecular flexibility index (Phi) is 5.18. The Bertz CT molecular complexity index is 653. The van der Waals surface area contributed by atoms with Crippen LogP contribution in [0.3, 0.4) is 0 Å². The van der Waals surface area contributed by atoms with E-state index in [4.69, 9.17) is 9.47 Å². The van der Waals surface area contributed by atoms with Crippen molar-refractivity contribution in [2.24, 2.45) is 5.92 Å². The Morgan fingerprint density at radius 1 is 1.42 bits per heavy atom. The van der Waals surface area contributed by atoms with Crippen molar-refractivity contribution in [3.05, 3.63) is 35.4 Å². The molecule has 0 aromatic heterocycles. The summed E-state index contributed by atoms with van der Waals surface area (Å²) in [6.45, 7) is 4.04. The van der Waals surface area contributed by atoms with Crippen LogP contribution in [0.25, 0.3) is 6.08 Å². The third kappa shape index (κ3) is 3.78. The summed E-state index contributed by atoms with van der Waals surface area (Å²) in [5, 5.41) is 0. The Morgan fingerprint density at radius 2 is 2.29 bits per heavy atom. The van der Waals surface area contributed by atoms with Crippen LogP contribution in [-0.2, 0) is 20.7 Å². The molecule has 3 rings (SSSR count). The van der Waals surface area contributed by atoms with Gasteiger partial charge in [-0.2, -0.15) is 0 Å². The highest BCUT2D eigenvalue weighted by Gasteiger charge is 2.28. The molecule has 1 atom stereocenters. The molecule has 0 N–H and O–H groups in total. The minimum Gasteiger partial charge on any atom is -0.493 e. The maximum Gasteiger partial charge on any atom is 0.310 e. The highest BCUT2D eigenvalue weighted by Crippen LogP contribution is 2.26. The summed E-state index contributed by atoms with van der Waals surface area (Å²) in [4.78, 5) is 26.0. The fourth-order valence-electron chi connectivity index (χ4n) is 3.21. The second-order valence-corrected chi connectivity index (χ2v) is 6.17. The summed E-state index contributed by atoms with van der Waals surface area (Å²) < 4.78 is 10.6. The topological polar surface area (TPSA) is 55.8 Å². The predicted octanol–water partition coefficient (Wildman–Crippen LogP) is 2.44. The zero-order valence-electron chi connectivity index (χ0n) is 14.0. The number of amides is 1. The summed E-state index contributed by atoms with van der Waals surface area (Å²) in [5.74, 6) is 0.485. The normalized spacial score (nSPS) is 19.9. The number of ether oxygens (including phenoxy) is 2. The fraction of sp³-hybridized carbons (Fsp3) is 0.474. The van der Waals surface area contributed by atoms with Crippen LogP contribution in [0.1, 0.15) is 30.9 Å². The zero-order chi connectivity index (χ0) is 16.9. The number of piperidine rings is 1. The van der Waals surface area contributed by atoms with Gasteiger partial charge in [0, 0.05) is 25.6 Å². The third-order valence-corrected chi connectivity index (χ3v) is 4.48. The number of hydrogen-bond acceptors (Lipinski definition) is 4. The van der Waals surface area contributed by atoms with E-state index in [9.17, 15) is 9.59 Å². The number of benzene rings is 1. The monoisotopic (exact) mass is 329 g/mol. The van der Waals surface area contributed by atoms with Crippen LogP contribution in [0.4, 0.5) is 0 Å². The molecule has 5 heteroatoms. The first-order valence-electron chi connectivity index (χ1n) is 8.56. The van der Waals surface area contributed by atoms with Gasteiger partial charge in [0.25, 0.3) is 0 Å². The molecule has 0 aliphatic carbocycles. The van der Waals surface area contributed by atoms with Crippen molar-refractivity contribution in [1.82, 2.24) is 4.90 Å². The molecule has 0 spiro atoms. The molecule has 2 aliphatic heterocycles. The van der Waals surface area contributed by atoms with Crippen LogP contribution in [-0.4, -0.2) is 43.1 Å². The number of likely N-dealkylation sites (tertiary alicyclic amines) is 1. The first-order valence-corrected chi connectivity index (χ1v) is 8.56. The molecule has 1 aromatic rings. The van der Waals surface area contributed by atoms with E-state index >= 15 is 0 Å². The second kappa shape index (κ2) is 7.51. The maximum absolute atomic E-state index is 12.4. The van der Waals surface area contributed by atoms with Crippen LogP contribution in [0.15, 0.2) is 24.3 Å². The van der Waals surface area contributed by atoms with E-state index < -0.39 is 0 Å². The number of esters is 1. The van der Waals surface area contributed by atoms with Crippen molar-refractivity contribution in [3.8, 4) is 5.75 Å².